The number of rotatable bonds is 5. The largest absolute Gasteiger partial charge is 0.450 e. The van der Waals surface area contributed by atoms with E-state index in [0.29, 0.717) is 5.58 Å². The Kier molecular flexibility index (Phi) is 6.15. The predicted octanol–water partition coefficient (Wildman–Crippen LogP) is 5.88. The maximum Gasteiger partial charge on any atom is 0.307 e. The minimum Gasteiger partial charge on any atom is -0.450 e. The first-order valence-electron chi connectivity index (χ1n) is 9.40. The highest BCUT2D eigenvalue weighted by atomic mass is 127. The molecule has 0 aliphatic heterocycles. The van der Waals surface area contributed by atoms with Crippen molar-refractivity contribution in [1.29, 1.82) is 0 Å². The van der Waals surface area contributed by atoms with Crippen molar-refractivity contribution >= 4 is 67.3 Å². The fourth-order valence-corrected chi connectivity index (χ4v) is 5.10. The molecule has 0 bridgehead atoms. The van der Waals surface area contributed by atoms with Crippen molar-refractivity contribution in [3.05, 3.63) is 89.4 Å². The number of furan rings is 1. The third kappa shape index (κ3) is 4.32. The lowest BCUT2D eigenvalue weighted by atomic mass is 10.2. The third-order valence-electron chi connectivity index (χ3n) is 4.92. The van der Waals surface area contributed by atoms with E-state index in [0.717, 1.165) is 36.1 Å². The summed E-state index contributed by atoms with van der Waals surface area (Å²) in [6.07, 6.45) is 1.56. The van der Waals surface area contributed by atoms with E-state index in [9.17, 15) is 14.9 Å². The Hall–Kier alpha value is -2.99. The SMILES string of the molecule is Cc1cc(/C=N/NC(=O)c2cc3cc(Br)cc(I)c3o2)c(C)n1-c1ccc([N+](=O)[O-])cc1. The van der Waals surface area contributed by atoms with E-state index >= 15 is 0 Å². The fourth-order valence-electron chi connectivity index (χ4n) is 3.44. The van der Waals surface area contributed by atoms with Crippen molar-refractivity contribution in [2.75, 3.05) is 0 Å². The summed E-state index contributed by atoms with van der Waals surface area (Å²) in [4.78, 5) is 22.9. The minimum absolute atomic E-state index is 0.0355. The van der Waals surface area contributed by atoms with Crippen molar-refractivity contribution in [3.63, 3.8) is 0 Å². The standard InChI is InChI=1S/C22H16BrIN4O4/c1-12-7-15(13(2)27(12)17-3-5-18(6-4-17)28(30)31)11-25-26-22(29)20-9-14-8-16(23)10-19(24)21(14)32-20/h3-11H,1-2H3,(H,26,29)/b25-11+. The van der Waals surface area contributed by atoms with E-state index in [2.05, 4.69) is 49.0 Å². The summed E-state index contributed by atoms with van der Waals surface area (Å²) in [5, 5.41) is 15.8. The van der Waals surface area contributed by atoms with Crippen molar-refractivity contribution in [2.45, 2.75) is 13.8 Å². The molecule has 1 amide bonds. The monoisotopic (exact) mass is 606 g/mol. The molecule has 1 N–H and O–H groups in total. The molecule has 0 radical (unpaired) electrons. The molecule has 0 aliphatic rings. The molecule has 2 aromatic heterocycles. The van der Waals surface area contributed by atoms with Gasteiger partial charge in [0.2, 0.25) is 0 Å². The third-order valence-corrected chi connectivity index (χ3v) is 6.18. The summed E-state index contributed by atoms with van der Waals surface area (Å²) < 4.78 is 9.45. The van der Waals surface area contributed by atoms with Gasteiger partial charge in [0.25, 0.3) is 5.69 Å². The number of nitrogens with one attached hydrogen (secondary N) is 1. The number of carbonyl (C=O) groups excluding carboxylic acids is 1. The highest BCUT2D eigenvalue weighted by molar-refractivity contribution is 14.1. The van der Waals surface area contributed by atoms with Crippen LogP contribution in [0, 0.1) is 27.5 Å². The van der Waals surface area contributed by atoms with Crippen molar-refractivity contribution < 1.29 is 14.1 Å². The zero-order valence-corrected chi connectivity index (χ0v) is 20.7. The molecule has 162 valence electrons. The van der Waals surface area contributed by atoms with Gasteiger partial charge >= 0.3 is 5.91 Å². The molecular weight excluding hydrogens is 591 g/mol. The maximum atomic E-state index is 12.5. The molecule has 2 aromatic carbocycles. The lowest BCUT2D eigenvalue weighted by Crippen LogP contribution is -2.16. The molecule has 0 fully saturated rings. The fraction of sp³-hybridized carbons (Fsp3) is 0.0909. The van der Waals surface area contributed by atoms with Gasteiger partial charge in [0, 0.05) is 44.6 Å². The van der Waals surface area contributed by atoms with E-state index in [1.54, 1.807) is 24.4 Å². The first kappa shape index (κ1) is 22.2. The molecule has 2 heterocycles. The molecular formula is C22H16BrIN4O4. The Morgan fingerprint density at radius 2 is 1.94 bits per heavy atom. The Bertz CT molecular complexity index is 1390. The number of nitro benzene ring substituents is 1. The molecule has 0 unspecified atom stereocenters. The number of carbonyl (C=O) groups is 1. The Labute approximate surface area is 204 Å². The zero-order valence-electron chi connectivity index (χ0n) is 16.9. The first-order valence-corrected chi connectivity index (χ1v) is 11.3. The molecule has 32 heavy (non-hydrogen) atoms. The highest BCUT2D eigenvalue weighted by Gasteiger charge is 2.15. The summed E-state index contributed by atoms with van der Waals surface area (Å²) in [6, 6.07) is 13.7. The zero-order chi connectivity index (χ0) is 23.0. The van der Waals surface area contributed by atoms with Gasteiger partial charge in [0.1, 0.15) is 5.58 Å². The van der Waals surface area contributed by atoms with Gasteiger partial charge in [-0.05, 0) is 72.8 Å². The van der Waals surface area contributed by atoms with Crippen LogP contribution in [-0.2, 0) is 0 Å². The van der Waals surface area contributed by atoms with E-state index in [1.807, 2.05) is 36.6 Å². The summed E-state index contributed by atoms with van der Waals surface area (Å²) in [7, 11) is 0. The number of benzene rings is 2. The quantitative estimate of drug-likeness (QED) is 0.133. The second-order valence-corrected chi connectivity index (χ2v) is 9.13. The van der Waals surface area contributed by atoms with E-state index in [4.69, 9.17) is 4.42 Å². The second kappa shape index (κ2) is 8.87. The van der Waals surface area contributed by atoms with Gasteiger partial charge in [-0.25, -0.2) is 5.43 Å². The van der Waals surface area contributed by atoms with Gasteiger partial charge in [-0.15, -0.1) is 0 Å². The highest BCUT2D eigenvalue weighted by Crippen LogP contribution is 2.28. The molecule has 0 aliphatic carbocycles. The maximum absolute atomic E-state index is 12.5. The number of hydrogen-bond acceptors (Lipinski definition) is 5. The van der Waals surface area contributed by atoms with Crippen LogP contribution in [0.2, 0.25) is 0 Å². The summed E-state index contributed by atoms with van der Waals surface area (Å²) in [6.45, 7) is 3.84. The lowest BCUT2D eigenvalue weighted by Gasteiger charge is -2.09. The number of nitro groups is 1. The topological polar surface area (TPSA) is 103 Å². The van der Waals surface area contributed by atoms with Gasteiger partial charge in [-0.1, -0.05) is 15.9 Å². The molecule has 0 saturated carbocycles. The molecule has 4 rings (SSSR count). The number of aryl methyl sites for hydroxylation is 1. The average Bonchev–Trinajstić information content (AvgIpc) is 3.29. The molecule has 8 nitrogen and oxygen atoms in total. The van der Waals surface area contributed by atoms with Gasteiger partial charge in [0.05, 0.1) is 14.7 Å². The molecule has 0 spiro atoms. The van der Waals surface area contributed by atoms with Crippen molar-refractivity contribution in [3.8, 4) is 5.69 Å². The smallest absolute Gasteiger partial charge is 0.307 e. The van der Waals surface area contributed by atoms with E-state index in [1.165, 1.54) is 12.1 Å². The van der Waals surface area contributed by atoms with Crippen LogP contribution in [0.1, 0.15) is 27.5 Å². The summed E-state index contributed by atoms with van der Waals surface area (Å²) >= 11 is 5.59. The lowest BCUT2D eigenvalue weighted by molar-refractivity contribution is -0.384. The van der Waals surface area contributed by atoms with Crippen LogP contribution in [0.15, 0.2) is 62.5 Å². The summed E-state index contributed by atoms with van der Waals surface area (Å²) in [5.74, 6) is -0.280. The predicted molar refractivity (Wildman–Crippen MR) is 134 cm³/mol. The van der Waals surface area contributed by atoms with Gasteiger partial charge in [-0.3, -0.25) is 14.9 Å². The van der Waals surface area contributed by atoms with Crippen molar-refractivity contribution in [1.82, 2.24) is 9.99 Å². The van der Waals surface area contributed by atoms with Gasteiger partial charge in [0.15, 0.2) is 5.76 Å². The van der Waals surface area contributed by atoms with E-state index < -0.39 is 10.8 Å². The second-order valence-electron chi connectivity index (χ2n) is 7.05. The normalized spacial score (nSPS) is 11.4. The van der Waals surface area contributed by atoms with Crippen LogP contribution in [0.4, 0.5) is 5.69 Å². The number of hydrazone groups is 1. The number of fused-ring (bicyclic) bond motifs is 1. The summed E-state index contributed by atoms with van der Waals surface area (Å²) in [5.41, 5.74) is 6.61. The van der Waals surface area contributed by atoms with Crippen LogP contribution in [0.25, 0.3) is 16.7 Å². The molecule has 0 atom stereocenters. The Balaban J connectivity index is 1.53. The number of amides is 1. The average molecular weight is 607 g/mol. The minimum atomic E-state index is -0.450. The van der Waals surface area contributed by atoms with Crippen LogP contribution in [0.3, 0.4) is 0 Å². The van der Waals surface area contributed by atoms with Crippen LogP contribution < -0.4 is 5.43 Å². The molecule has 10 heteroatoms. The van der Waals surface area contributed by atoms with Gasteiger partial charge < -0.3 is 8.98 Å². The molecule has 0 saturated heterocycles. The Morgan fingerprint density at radius 1 is 1.22 bits per heavy atom. The van der Waals surface area contributed by atoms with E-state index in [-0.39, 0.29) is 11.4 Å². The number of non-ortho nitro benzene ring substituents is 1. The van der Waals surface area contributed by atoms with Gasteiger partial charge in [-0.2, -0.15) is 5.10 Å². The number of halogens is 2. The van der Waals surface area contributed by atoms with Crippen LogP contribution in [-0.4, -0.2) is 21.6 Å². The van der Waals surface area contributed by atoms with Crippen LogP contribution >= 0.6 is 38.5 Å². The number of nitrogens with zero attached hydrogens (tertiary/aromatic N) is 3. The van der Waals surface area contributed by atoms with Crippen molar-refractivity contribution in [2.24, 2.45) is 5.10 Å². The number of aromatic nitrogens is 1. The first-order chi connectivity index (χ1) is 15.2. The Morgan fingerprint density at radius 3 is 2.62 bits per heavy atom. The molecule has 4 aromatic rings. The number of hydrogen-bond donors (Lipinski definition) is 1. The van der Waals surface area contributed by atoms with Crippen LogP contribution in [0.5, 0.6) is 0 Å².